The fourth-order valence-electron chi connectivity index (χ4n) is 2.08. The lowest BCUT2D eigenvalue weighted by molar-refractivity contribution is 0.729. The maximum absolute atomic E-state index is 5.97. The van der Waals surface area contributed by atoms with Gasteiger partial charge in [-0.25, -0.2) is 9.50 Å². The molecular weight excluding hydrogens is 270 g/mol. The van der Waals surface area contributed by atoms with Gasteiger partial charge in [0.25, 0.3) is 0 Å². The zero-order valence-corrected chi connectivity index (χ0v) is 12.4. The maximum atomic E-state index is 5.97. The summed E-state index contributed by atoms with van der Waals surface area (Å²) in [5.41, 5.74) is 9.66. The van der Waals surface area contributed by atoms with E-state index in [1.165, 1.54) is 6.33 Å². The molecule has 20 heavy (non-hydrogen) atoms. The van der Waals surface area contributed by atoms with Crippen molar-refractivity contribution in [2.75, 3.05) is 24.3 Å². The van der Waals surface area contributed by atoms with Crippen LogP contribution in [0.4, 0.5) is 5.82 Å². The van der Waals surface area contributed by atoms with Crippen LogP contribution in [0.15, 0.2) is 31.8 Å². The molecule has 2 aromatic heterocycles. The molecule has 3 N–H and O–H groups in total. The Morgan fingerprint density at radius 2 is 2.40 bits per heavy atom. The Hall–Kier alpha value is -1.79. The first-order valence-corrected chi connectivity index (χ1v) is 7.70. The predicted octanol–water partition coefficient (Wildman–Crippen LogP) is 1.96. The summed E-state index contributed by atoms with van der Waals surface area (Å²) in [6.45, 7) is 9.52. The van der Waals surface area contributed by atoms with Crippen molar-refractivity contribution in [1.29, 1.82) is 0 Å². The molecule has 0 unspecified atom stereocenters. The molecule has 0 saturated heterocycles. The number of nitrogens with two attached hydrogens (primary N) is 1. The SMILES string of the molecule is C=CC(=C)c1c(CNCCSC)cn2ncnc(N)c12. The van der Waals surface area contributed by atoms with E-state index in [0.29, 0.717) is 5.82 Å². The molecule has 0 saturated carbocycles. The monoisotopic (exact) mass is 289 g/mol. The Morgan fingerprint density at radius 1 is 1.60 bits per heavy atom. The molecular formula is C14H19N5S. The van der Waals surface area contributed by atoms with Crippen molar-refractivity contribution in [3.8, 4) is 0 Å². The fraction of sp³-hybridized carbons (Fsp3) is 0.286. The predicted molar refractivity (Wildman–Crippen MR) is 86.7 cm³/mol. The molecule has 0 aliphatic heterocycles. The Morgan fingerprint density at radius 3 is 3.10 bits per heavy atom. The smallest absolute Gasteiger partial charge is 0.151 e. The van der Waals surface area contributed by atoms with Gasteiger partial charge in [0, 0.05) is 30.6 Å². The van der Waals surface area contributed by atoms with Gasteiger partial charge in [0.1, 0.15) is 11.8 Å². The summed E-state index contributed by atoms with van der Waals surface area (Å²) in [6.07, 6.45) is 7.24. The van der Waals surface area contributed by atoms with E-state index in [2.05, 4.69) is 34.8 Å². The highest BCUT2D eigenvalue weighted by molar-refractivity contribution is 7.98. The highest BCUT2D eigenvalue weighted by Crippen LogP contribution is 2.28. The number of thioether (sulfide) groups is 1. The zero-order valence-electron chi connectivity index (χ0n) is 11.6. The lowest BCUT2D eigenvalue weighted by Crippen LogP contribution is -2.16. The minimum absolute atomic E-state index is 0.452. The van der Waals surface area contributed by atoms with E-state index >= 15 is 0 Å². The minimum Gasteiger partial charge on any atom is -0.382 e. The minimum atomic E-state index is 0.452. The molecule has 2 rings (SSSR count). The number of anilines is 1. The van der Waals surface area contributed by atoms with Gasteiger partial charge in [0.15, 0.2) is 5.82 Å². The summed E-state index contributed by atoms with van der Waals surface area (Å²) in [7, 11) is 0. The summed E-state index contributed by atoms with van der Waals surface area (Å²) in [5.74, 6) is 1.53. The van der Waals surface area contributed by atoms with Crippen LogP contribution in [0.25, 0.3) is 11.1 Å². The molecule has 6 heteroatoms. The number of nitrogens with zero attached hydrogens (tertiary/aromatic N) is 3. The average Bonchev–Trinajstić information content (AvgIpc) is 2.82. The van der Waals surface area contributed by atoms with Gasteiger partial charge < -0.3 is 11.1 Å². The molecule has 0 aliphatic rings. The van der Waals surface area contributed by atoms with E-state index in [4.69, 9.17) is 5.73 Å². The van der Waals surface area contributed by atoms with Gasteiger partial charge in [-0.05, 0) is 17.4 Å². The number of aromatic nitrogens is 3. The third-order valence-electron chi connectivity index (χ3n) is 3.05. The molecule has 0 aliphatic carbocycles. The van der Waals surface area contributed by atoms with Crippen molar-refractivity contribution in [3.63, 3.8) is 0 Å². The van der Waals surface area contributed by atoms with E-state index in [-0.39, 0.29) is 0 Å². The van der Waals surface area contributed by atoms with E-state index in [1.54, 1.807) is 10.6 Å². The first-order valence-electron chi connectivity index (χ1n) is 6.31. The zero-order chi connectivity index (χ0) is 14.5. The van der Waals surface area contributed by atoms with Gasteiger partial charge in [0.2, 0.25) is 0 Å². The summed E-state index contributed by atoms with van der Waals surface area (Å²) in [6, 6.07) is 0. The number of fused-ring (bicyclic) bond motifs is 1. The molecule has 0 bridgehead atoms. The normalized spacial score (nSPS) is 10.8. The Bertz CT molecular complexity index is 632. The summed E-state index contributed by atoms with van der Waals surface area (Å²) in [5, 5.41) is 7.61. The molecule has 106 valence electrons. The van der Waals surface area contributed by atoms with E-state index in [1.807, 2.05) is 18.0 Å². The van der Waals surface area contributed by atoms with Gasteiger partial charge in [0.05, 0.1) is 0 Å². The third kappa shape index (κ3) is 2.86. The van der Waals surface area contributed by atoms with Crippen molar-refractivity contribution in [2.24, 2.45) is 0 Å². The van der Waals surface area contributed by atoms with Crippen LogP contribution in [0, 0.1) is 0 Å². The topological polar surface area (TPSA) is 68.2 Å². The standard InChI is InChI=1S/C14H19N5S/c1-4-10(2)12-11(7-16-5-6-20-3)8-19-13(12)14(15)17-9-18-19/h4,8-9,16H,1-2,5-7H2,3H3,(H2,15,17,18). The first-order chi connectivity index (χ1) is 9.69. The molecule has 0 amide bonds. The van der Waals surface area contributed by atoms with Crippen LogP contribution in [-0.2, 0) is 6.54 Å². The van der Waals surface area contributed by atoms with E-state index in [9.17, 15) is 0 Å². The highest BCUT2D eigenvalue weighted by Gasteiger charge is 2.15. The molecule has 2 aromatic rings. The molecule has 0 aromatic carbocycles. The van der Waals surface area contributed by atoms with E-state index in [0.717, 1.165) is 41.1 Å². The van der Waals surface area contributed by atoms with Crippen LogP contribution in [0.2, 0.25) is 0 Å². The Kier molecular flexibility index (Phi) is 4.81. The lowest BCUT2D eigenvalue weighted by atomic mass is 10.0. The first kappa shape index (κ1) is 14.6. The molecule has 2 heterocycles. The summed E-state index contributed by atoms with van der Waals surface area (Å²) < 4.78 is 1.75. The molecule has 0 atom stereocenters. The second kappa shape index (κ2) is 6.58. The van der Waals surface area contributed by atoms with E-state index < -0.39 is 0 Å². The molecule has 0 radical (unpaired) electrons. The second-order valence-electron chi connectivity index (χ2n) is 4.37. The van der Waals surface area contributed by atoms with Gasteiger partial charge in [-0.3, -0.25) is 0 Å². The number of nitrogens with one attached hydrogen (secondary N) is 1. The number of allylic oxidation sites excluding steroid dienone is 2. The van der Waals surface area contributed by atoms with Crippen molar-refractivity contribution in [2.45, 2.75) is 6.54 Å². The van der Waals surface area contributed by atoms with Crippen LogP contribution in [-0.4, -0.2) is 33.2 Å². The van der Waals surface area contributed by atoms with Gasteiger partial charge in [-0.1, -0.05) is 19.2 Å². The number of rotatable bonds is 7. The van der Waals surface area contributed by atoms with Crippen molar-refractivity contribution in [1.82, 2.24) is 19.9 Å². The maximum Gasteiger partial charge on any atom is 0.151 e. The number of hydrogen-bond donors (Lipinski definition) is 2. The summed E-state index contributed by atoms with van der Waals surface area (Å²) >= 11 is 1.82. The van der Waals surface area contributed by atoms with Crippen molar-refractivity contribution < 1.29 is 0 Å². The largest absolute Gasteiger partial charge is 0.382 e. The third-order valence-corrected chi connectivity index (χ3v) is 3.66. The van der Waals surface area contributed by atoms with Crippen LogP contribution >= 0.6 is 11.8 Å². The van der Waals surface area contributed by atoms with Gasteiger partial charge in [-0.2, -0.15) is 16.9 Å². The van der Waals surface area contributed by atoms with Crippen LogP contribution in [0.1, 0.15) is 11.1 Å². The van der Waals surface area contributed by atoms with Crippen LogP contribution in [0.5, 0.6) is 0 Å². The summed E-state index contributed by atoms with van der Waals surface area (Å²) in [4.78, 5) is 4.05. The molecule has 5 nitrogen and oxygen atoms in total. The van der Waals surface area contributed by atoms with Gasteiger partial charge in [-0.15, -0.1) is 0 Å². The van der Waals surface area contributed by atoms with Crippen LogP contribution < -0.4 is 11.1 Å². The number of hydrogen-bond acceptors (Lipinski definition) is 5. The fourth-order valence-corrected chi connectivity index (χ4v) is 2.42. The highest BCUT2D eigenvalue weighted by atomic mass is 32.2. The van der Waals surface area contributed by atoms with Crippen molar-refractivity contribution >= 4 is 28.7 Å². The van der Waals surface area contributed by atoms with Crippen LogP contribution in [0.3, 0.4) is 0 Å². The number of nitrogen functional groups attached to an aromatic ring is 1. The van der Waals surface area contributed by atoms with Gasteiger partial charge >= 0.3 is 0 Å². The molecule has 0 spiro atoms. The van der Waals surface area contributed by atoms with Crippen molar-refractivity contribution in [3.05, 3.63) is 42.9 Å². The average molecular weight is 289 g/mol. The Balaban J connectivity index is 2.40. The molecule has 0 fully saturated rings. The second-order valence-corrected chi connectivity index (χ2v) is 5.35. The quantitative estimate of drug-likeness (QED) is 0.602. The lowest BCUT2D eigenvalue weighted by Gasteiger charge is -2.06. The Labute approximate surface area is 123 Å².